The number of halogens is 2. The number of nitrogens with zero attached hydrogens (tertiary/aromatic N) is 4. The van der Waals surface area contributed by atoms with Crippen molar-refractivity contribution in [1.82, 2.24) is 14.5 Å². The Morgan fingerprint density at radius 3 is 2.34 bits per heavy atom. The first-order valence-corrected chi connectivity index (χ1v) is 12.4. The van der Waals surface area contributed by atoms with E-state index in [-0.39, 0.29) is 23.0 Å². The fraction of sp³-hybridized carbons (Fsp3) is 0.0417. The van der Waals surface area contributed by atoms with Crippen LogP contribution in [0.5, 0.6) is 0 Å². The van der Waals surface area contributed by atoms with E-state index < -0.39 is 10.0 Å². The van der Waals surface area contributed by atoms with Gasteiger partial charge in [0.15, 0.2) is 0 Å². The van der Waals surface area contributed by atoms with Crippen LogP contribution in [0.1, 0.15) is 11.3 Å². The minimum atomic E-state index is -4.00. The molecule has 4 aromatic rings. The van der Waals surface area contributed by atoms with Gasteiger partial charge in [-0.15, -0.1) is 0 Å². The molecule has 0 unspecified atom stereocenters. The zero-order valence-corrected chi connectivity index (χ0v) is 20.4. The second-order valence-electron chi connectivity index (χ2n) is 7.36. The Balaban J connectivity index is 1.61. The highest BCUT2D eigenvalue weighted by atomic mass is 35.5. The molecule has 35 heavy (non-hydrogen) atoms. The minimum Gasteiger partial charge on any atom is -0.369 e. The molecule has 176 valence electrons. The van der Waals surface area contributed by atoms with Crippen molar-refractivity contribution in [3.63, 3.8) is 0 Å². The number of nitrogens with two attached hydrogens (primary N) is 1. The SMILES string of the molecule is N#Cc1cccc(S(=O)(=O)NC(N)=NCc2cc(-c3ccc(Cl)cc3)n(-c3ccc(Cl)cc3)n2)c1. The van der Waals surface area contributed by atoms with Crippen LogP contribution >= 0.6 is 23.2 Å². The Labute approximate surface area is 212 Å². The number of sulfonamides is 1. The number of hydrogen-bond acceptors (Lipinski definition) is 5. The van der Waals surface area contributed by atoms with Crippen molar-refractivity contribution in [3.05, 3.63) is 100 Å². The molecule has 0 aliphatic rings. The molecule has 1 heterocycles. The molecule has 3 aromatic carbocycles. The first-order chi connectivity index (χ1) is 16.7. The Kier molecular flexibility index (Phi) is 7.07. The Bertz CT molecular complexity index is 1480. The minimum absolute atomic E-state index is 0.0216. The normalized spacial score (nSPS) is 11.7. The predicted octanol–water partition coefficient (Wildman–Crippen LogP) is 4.51. The quantitative estimate of drug-likeness (QED) is 0.283. The monoisotopic (exact) mass is 524 g/mol. The Morgan fingerprint density at radius 1 is 1.03 bits per heavy atom. The molecular weight excluding hydrogens is 507 g/mol. The lowest BCUT2D eigenvalue weighted by molar-refractivity contribution is 0.592. The van der Waals surface area contributed by atoms with Gasteiger partial charge in [0.1, 0.15) is 0 Å². The molecule has 0 bridgehead atoms. The second-order valence-corrected chi connectivity index (χ2v) is 9.92. The van der Waals surface area contributed by atoms with E-state index in [1.165, 1.54) is 24.3 Å². The average molecular weight is 525 g/mol. The van der Waals surface area contributed by atoms with Gasteiger partial charge in [-0.1, -0.05) is 41.4 Å². The lowest BCUT2D eigenvalue weighted by Gasteiger charge is -2.08. The first kappa shape index (κ1) is 24.3. The van der Waals surface area contributed by atoms with Crippen LogP contribution in [0.3, 0.4) is 0 Å². The maximum atomic E-state index is 12.6. The van der Waals surface area contributed by atoms with Gasteiger partial charge in [0.2, 0.25) is 5.96 Å². The van der Waals surface area contributed by atoms with Crippen LogP contribution in [0.15, 0.2) is 88.8 Å². The van der Waals surface area contributed by atoms with E-state index in [1.54, 1.807) is 28.9 Å². The summed E-state index contributed by atoms with van der Waals surface area (Å²) in [4.78, 5) is 4.05. The number of aromatic nitrogens is 2. The molecule has 0 aliphatic heterocycles. The molecule has 0 aliphatic carbocycles. The number of benzene rings is 3. The molecule has 0 radical (unpaired) electrons. The van der Waals surface area contributed by atoms with Gasteiger partial charge < -0.3 is 5.73 Å². The van der Waals surface area contributed by atoms with Crippen LogP contribution in [0.2, 0.25) is 10.0 Å². The van der Waals surface area contributed by atoms with Crippen molar-refractivity contribution < 1.29 is 8.42 Å². The van der Waals surface area contributed by atoms with Gasteiger partial charge in [-0.2, -0.15) is 10.4 Å². The summed E-state index contributed by atoms with van der Waals surface area (Å²) in [5.74, 6) is -0.304. The Morgan fingerprint density at radius 2 is 1.69 bits per heavy atom. The number of nitrogens with one attached hydrogen (secondary N) is 1. The molecule has 0 saturated carbocycles. The average Bonchev–Trinajstić information content (AvgIpc) is 3.28. The third kappa shape index (κ3) is 5.81. The summed E-state index contributed by atoms with van der Waals surface area (Å²) >= 11 is 12.1. The number of guanidine groups is 1. The van der Waals surface area contributed by atoms with Crippen molar-refractivity contribution in [2.24, 2.45) is 10.7 Å². The van der Waals surface area contributed by atoms with Crippen LogP contribution in [-0.4, -0.2) is 24.2 Å². The smallest absolute Gasteiger partial charge is 0.264 e. The highest BCUT2D eigenvalue weighted by Gasteiger charge is 2.16. The van der Waals surface area contributed by atoms with Crippen molar-refractivity contribution in [1.29, 1.82) is 5.26 Å². The van der Waals surface area contributed by atoms with Gasteiger partial charge in [0.05, 0.1) is 40.1 Å². The number of hydrogen-bond donors (Lipinski definition) is 2. The van der Waals surface area contributed by atoms with Gasteiger partial charge in [-0.3, -0.25) is 0 Å². The summed E-state index contributed by atoms with van der Waals surface area (Å²) in [7, 11) is -4.00. The number of nitriles is 1. The maximum absolute atomic E-state index is 12.6. The highest BCUT2D eigenvalue weighted by Crippen LogP contribution is 2.26. The van der Waals surface area contributed by atoms with Crippen LogP contribution in [0.25, 0.3) is 16.9 Å². The predicted molar refractivity (Wildman–Crippen MR) is 136 cm³/mol. The fourth-order valence-electron chi connectivity index (χ4n) is 3.24. The summed E-state index contributed by atoms with van der Waals surface area (Å²) in [6.07, 6.45) is 0. The van der Waals surface area contributed by atoms with E-state index in [0.717, 1.165) is 16.9 Å². The van der Waals surface area contributed by atoms with Crippen LogP contribution in [-0.2, 0) is 16.6 Å². The van der Waals surface area contributed by atoms with Crippen molar-refractivity contribution in [2.45, 2.75) is 11.4 Å². The zero-order valence-electron chi connectivity index (χ0n) is 18.1. The summed E-state index contributed by atoms with van der Waals surface area (Å²) in [5.41, 5.74) is 9.05. The van der Waals surface area contributed by atoms with E-state index >= 15 is 0 Å². The van der Waals surface area contributed by atoms with Crippen molar-refractivity contribution in [2.75, 3.05) is 0 Å². The van der Waals surface area contributed by atoms with Crippen LogP contribution in [0, 0.1) is 11.3 Å². The molecule has 0 amide bonds. The molecule has 4 rings (SSSR count). The lowest BCUT2D eigenvalue weighted by atomic mass is 10.1. The van der Waals surface area contributed by atoms with Crippen molar-refractivity contribution >= 4 is 39.2 Å². The van der Waals surface area contributed by atoms with E-state index in [1.807, 2.05) is 36.4 Å². The third-order valence-electron chi connectivity index (χ3n) is 4.89. The van der Waals surface area contributed by atoms with E-state index in [4.69, 9.17) is 34.2 Å². The van der Waals surface area contributed by atoms with Gasteiger partial charge in [-0.05, 0) is 60.7 Å². The fourth-order valence-corrected chi connectivity index (χ4v) is 4.49. The van der Waals surface area contributed by atoms with Gasteiger partial charge in [-0.25, -0.2) is 22.8 Å². The number of rotatable bonds is 6. The molecule has 0 spiro atoms. The first-order valence-electron chi connectivity index (χ1n) is 10.2. The van der Waals surface area contributed by atoms with E-state index in [9.17, 15) is 8.42 Å². The lowest BCUT2D eigenvalue weighted by Crippen LogP contribution is -2.36. The van der Waals surface area contributed by atoms with E-state index in [2.05, 4.69) is 14.8 Å². The molecule has 1 aromatic heterocycles. The zero-order chi connectivity index (χ0) is 25.0. The third-order valence-corrected chi connectivity index (χ3v) is 6.75. The van der Waals surface area contributed by atoms with Gasteiger partial charge >= 0.3 is 0 Å². The Hall–Kier alpha value is -3.84. The van der Waals surface area contributed by atoms with E-state index in [0.29, 0.717) is 15.7 Å². The van der Waals surface area contributed by atoms with Crippen LogP contribution < -0.4 is 10.5 Å². The highest BCUT2D eigenvalue weighted by molar-refractivity contribution is 7.90. The standard InChI is InChI=1S/C24H18Cl2N6O2S/c25-18-6-4-17(5-7-18)23-13-20(30-32(23)21-10-8-19(26)9-11-21)15-29-24(28)31-35(33,34)22-3-1-2-16(12-22)14-27/h1-13H,15H2,(H3,28,29,31). The van der Waals surface area contributed by atoms with Gasteiger partial charge in [0.25, 0.3) is 10.0 Å². The molecule has 0 fully saturated rings. The molecule has 3 N–H and O–H groups in total. The molecule has 0 saturated heterocycles. The topological polar surface area (TPSA) is 126 Å². The largest absolute Gasteiger partial charge is 0.369 e. The summed E-state index contributed by atoms with van der Waals surface area (Å²) in [6, 6.07) is 23.8. The molecule has 0 atom stereocenters. The maximum Gasteiger partial charge on any atom is 0.264 e. The summed E-state index contributed by atoms with van der Waals surface area (Å²) < 4.78 is 29.1. The molecule has 11 heteroatoms. The summed E-state index contributed by atoms with van der Waals surface area (Å²) in [5, 5.41) is 14.8. The second kappa shape index (κ2) is 10.2. The van der Waals surface area contributed by atoms with Crippen LogP contribution in [0.4, 0.5) is 0 Å². The van der Waals surface area contributed by atoms with Gasteiger partial charge in [0, 0.05) is 15.6 Å². The summed E-state index contributed by atoms with van der Waals surface area (Å²) in [6.45, 7) is 0.0216. The van der Waals surface area contributed by atoms with Crippen molar-refractivity contribution in [3.8, 4) is 23.0 Å². The molecule has 8 nitrogen and oxygen atoms in total. The number of aliphatic imine (C=N–C) groups is 1. The molecular formula is C24H18Cl2N6O2S.